The first-order valence-corrected chi connectivity index (χ1v) is 11.1. The topological polar surface area (TPSA) is 132 Å². The number of rotatable bonds is 7. The van der Waals surface area contributed by atoms with Crippen LogP contribution in [0.3, 0.4) is 0 Å². The van der Waals surface area contributed by atoms with Crippen molar-refractivity contribution in [2.45, 2.75) is 6.92 Å². The number of hydrogen-bond donors (Lipinski definition) is 1. The average Bonchev–Trinajstić information content (AvgIpc) is 3.40. The molecule has 1 fully saturated rings. The van der Waals surface area contributed by atoms with Crippen LogP contribution in [-0.4, -0.2) is 40.5 Å². The van der Waals surface area contributed by atoms with Gasteiger partial charge in [0.15, 0.2) is 0 Å². The van der Waals surface area contributed by atoms with Crippen molar-refractivity contribution in [3.63, 3.8) is 0 Å². The van der Waals surface area contributed by atoms with Crippen LogP contribution in [0.5, 0.6) is 5.75 Å². The molecule has 1 aliphatic heterocycles. The summed E-state index contributed by atoms with van der Waals surface area (Å²) in [5.74, 6) is 0.142. The molecule has 3 amide bonds. The second-order valence-corrected chi connectivity index (χ2v) is 8.50. The van der Waals surface area contributed by atoms with Crippen molar-refractivity contribution >= 4 is 46.3 Å². The van der Waals surface area contributed by atoms with Crippen LogP contribution in [0.15, 0.2) is 63.9 Å². The summed E-state index contributed by atoms with van der Waals surface area (Å²) in [7, 11) is 1.53. The number of nitrogens with zero attached hydrogens (tertiary/aromatic N) is 2. The second-order valence-electron chi connectivity index (χ2n) is 7.50. The van der Waals surface area contributed by atoms with Crippen LogP contribution >= 0.6 is 11.8 Å². The minimum atomic E-state index is -0.617. The molecule has 1 saturated heterocycles. The normalized spacial score (nSPS) is 14.5. The van der Waals surface area contributed by atoms with Gasteiger partial charge in [0.2, 0.25) is 5.91 Å². The maximum Gasteiger partial charge on any atom is 0.294 e. The number of benzene rings is 2. The van der Waals surface area contributed by atoms with Gasteiger partial charge < -0.3 is 14.5 Å². The summed E-state index contributed by atoms with van der Waals surface area (Å²) in [6.07, 6.45) is 1.40. The third-order valence-electron chi connectivity index (χ3n) is 5.14. The van der Waals surface area contributed by atoms with E-state index in [1.165, 1.54) is 19.3 Å². The standard InChI is InChI=1S/C24H19N3O7S/c1-14-3-4-15(11-19(14)27(31)32)20-10-9-18(34-20)12-21-23(29)26(24(30)35-21)13-22(28)25-16-5-7-17(33-2)8-6-16/h3-12H,13H2,1-2H3,(H,25,28)/b21-12+. The second kappa shape index (κ2) is 9.85. The van der Waals surface area contributed by atoms with Crippen LogP contribution in [-0.2, 0) is 9.59 Å². The number of imide groups is 1. The SMILES string of the molecule is COc1ccc(NC(=O)CN2C(=O)S/C(=C/c3ccc(-c4ccc(C)c([N+](=O)[O-])c4)o3)C2=O)cc1. The van der Waals surface area contributed by atoms with Crippen molar-refractivity contribution in [3.8, 4) is 17.1 Å². The quantitative estimate of drug-likeness (QED) is 0.281. The molecular formula is C24H19N3O7S. The number of carbonyl (C=O) groups is 3. The predicted molar refractivity (Wildman–Crippen MR) is 130 cm³/mol. The van der Waals surface area contributed by atoms with Gasteiger partial charge in [-0.05, 0) is 55.1 Å². The summed E-state index contributed by atoms with van der Waals surface area (Å²) in [5.41, 5.74) is 1.49. The Morgan fingerprint density at radius 3 is 2.60 bits per heavy atom. The first kappa shape index (κ1) is 23.8. The molecule has 2 aromatic carbocycles. The minimum absolute atomic E-state index is 0.0329. The third kappa shape index (κ3) is 5.25. The molecule has 35 heavy (non-hydrogen) atoms. The molecule has 0 aliphatic carbocycles. The Hall–Kier alpha value is -4.38. The molecule has 2 heterocycles. The number of thioether (sulfide) groups is 1. The van der Waals surface area contributed by atoms with Crippen molar-refractivity contribution in [1.29, 1.82) is 0 Å². The lowest BCUT2D eigenvalue weighted by molar-refractivity contribution is -0.385. The van der Waals surface area contributed by atoms with Gasteiger partial charge in [-0.1, -0.05) is 12.1 Å². The van der Waals surface area contributed by atoms with E-state index < -0.39 is 28.5 Å². The number of nitro benzene ring substituents is 1. The first-order valence-electron chi connectivity index (χ1n) is 10.3. The van der Waals surface area contributed by atoms with Gasteiger partial charge in [0.05, 0.1) is 16.9 Å². The number of methoxy groups -OCH3 is 1. The van der Waals surface area contributed by atoms with Crippen molar-refractivity contribution in [3.05, 3.63) is 80.9 Å². The van der Waals surface area contributed by atoms with Crippen LogP contribution in [0.25, 0.3) is 17.4 Å². The van der Waals surface area contributed by atoms with E-state index in [2.05, 4.69) is 5.32 Å². The highest BCUT2D eigenvalue weighted by Gasteiger charge is 2.36. The van der Waals surface area contributed by atoms with Gasteiger partial charge in [-0.25, -0.2) is 0 Å². The smallest absolute Gasteiger partial charge is 0.294 e. The van der Waals surface area contributed by atoms with Crippen LogP contribution in [0.4, 0.5) is 16.2 Å². The van der Waals surface area contributed by atoms with Crippen LogP contribution in [0, 0.1) is 17.0 Å². The lowest BCUT2D eigenvalue weighted by Crippen LogP contribution is -2.36. The van der Waals surface area contributed by atoms with Gasteiger partial charge >= 0.3 is 0 Å². The molecule has 0 bridgehead atoms. The monoisotopic (exact) mass is 493 g/mol. The van der Waals surface area contributed by atoms with E-state index in [1.807, 2.05) is 0 Å². The summed E-state index contributed by atoms with van der Waals surface area (Å²) in [4.78, 5) is 49.1. The highest BCUT2D eigenvalue weighted by atomic mass is 32.2. The van der Waals surface area contributed by atoms with E-state index in [1.54, 1.807) is 55.5 Å². The molecule has 1 N–H and O–H groups in total. The summed E-state index contributed by atoms with van der Waals surface area (Å²) in [5, 5.41) is 13.2. The highest BCUT2D eigenvalue weighted by Crippen LogP contribution is 2.34. The average molecular weight is 493 g/mol. The first-order chi connectivity index (χ1) is 16.7. The van der Waals surface area contributed by atoms with E-state index in [-0.39, 0.29) is 16.4 Å². The Bertz CT molecular complexity index is 1360. The Morgan fingerprint density at radius 1 is 1.17 bits per heavy atom. The molecule has 4 rings (SSSR count). The molecule has 0 atom stereocenters. The number of carbonyl (C=O) groups excluding carboxylic acids is 3. The molecule has 11 heteroatoms. The third-order valence-corrected chi connectivity index (χ3v) is 6.05. The van der Waals surface area contributed by atoms with Crippen molar-refractivity contribution in [2.24, 2.45) is 0 Å². The molecule has 0 radical (unpaired) electrons. The molecule has 1 aromatic heterocycles. The number of amides is 3. The Balaban J connectivity index is 1.45. The van der Waals surface area contributed by atoms with E-state index >= 15 is 0 Å². The van der Waals surface area contributed by atoms with Crippen LogP contribution < -0.4 is 10.1 Å². The van der Waals surface area contributed by atoms with Gasteiger partial charge in [-0.2, -0.15) is 0 Å². The number of aryl methyl sites for hydroxylation is 1. The summed E-state index contributed by atoms with van der Waals surface area (Å²) < 4.78 is 10.8. The van der Waals surface area contributed by atoms with Gasteiger partial charge in [-0.3, -0.25) is 29.4 Å². The molecule has 0 unspecified atom stereocenters. The number of anilines is 1. The fourth-order valence-corrected chi connectivity index (χ4v) is 4.15. The number of furan rings is 1. The Morgan fingerprint density at radius 2 is 1.91 bits per heavy atom. The largest absolute Gasteiger partial charge is 0.497 e. The zero-order chi connectivity index (χ0) is 25.1. The van der Waals surface area contributed by atoms with Crippen molar-refractivity contribution < 1.29 is 28.5 Å². The van der Waals surface area contributed by atoms with E-state index in [4.69, 9.17) is 9.15 Å². The maximum absolute atomic E-state index is 12.7. The Labute approximate surface area is 203 Å². The van der Waals surface area contributed by atoms with E-state index in [0.29, 0.717) is 40.1 Å². The molecular weight excluding hydrogens is 474 g/mol. The molecule has 3 aromatic rings. The predicted octanol–water partition coefficient (Wildman–Crippen LogP) is 4.85. The van der Waals surface area contributed by atoms with Gasteiger partial charge in [0.25, 0.3) is 16.8 Å². The summed E-state index contributed by atoms with van der Waals surface area (Å²) in [6, 6.07) is 14.6. The molecule has 10 nitrogen and oxygen atoms in total. The van der Waals surface area contributed by atoms with E-state index in [9.17, 15) is 24.5 Å². The fourth-order valence-electron chi connectivity index (χ4n) is 3.33. The number of nitro groups is 1. The summed E-state index contributed by atoms with van der Waals surface area (Å²) >= 11 is 0.696. The maximum atomic E-state index is 12.7. The fraction of sp³-hybridized carbons (Fsp3) is 0.125. The van der Waals surface area contributed by atoms with Gasteiger partial charge in [0.1, 0.15) is 23.8 Å². The zero-order valence-electron chi connectivity index (χ0n) is 18.6. The molecule has 1 aliphatic rings. The number of hydrogen-bond acceptors (Lipinski definition) is 8. The number of nitrogens with one attached hydrogen (secondary N) is 1. The van der Waals surface area contributed by atoms with Gasteiger partial charge in [0, 0.05) is 29.0 Å². The van der Waals surface area contributed by atoms with Crippen LogP contribution in [0.2, 0.25) is 0 Å². The lowest BCUT2D eigenvalue weighted by Gasteiger charge is -2.12. The molecule has 178 valence electrons. The highest BCUT2D eigenvalue weighted by molar-refractivity contribution is 8.18. The van der Waals surface area contributed by atoms with Crippen LogP contribution in [0.1, 0.15) is 11.3 Å². The molecule has 0 saturated carbocycles. The number of ether oxygens (including phenoxy) is 1. The van der Waals surface area contributed by atoms with Crippen molar-refractivity contribution in [1.82, 2.24) is 4.90 Å². The van der Waals surface area contributed by atoms with Crippen molar-refractivity contribution in [2.75, 3.05) is 19.0 Å². The zero-order valence-corrected chi connectivity index (χ0v) is 19.5. The minimum Gasteiger partial charge on any atom is -0.497 e. The van der Waals surface area contributed by atoms with Gasteiger partial charge in [-0.15, -0.1) is 0 Å². The summed E-state index contributed by atoms with van der Waals surface area (Å²) in [6.45, 7) is 1.20. The Kier molecular flexibility index (Phi) is 6.69. The lowest BCUT2D eigenvalue weighted by atomic mass is 10.1. The van der Waals surface area contributed by atoms with E-state index in [0.717, 1.165) is 4.90 Å². The molecule has 0 spiro atoms.